The molecule has 6 heteroatoms. The molecule has 90 valence electrons. The number of nitrogens with two attached hydrogens (primary N) is 1. The van der Waals surface area contributed by atoms with Gasteiger partial charge in [-0.15, -0.1) is 0 Å². The van der Waals surface area contributed by atoms with Gasteiger partial charge in [-0.05, 0) is 0 Å². The van der Waals surface area contributed by atoms with Crippen molar-refractivity contribution >= 4 is 17.3 Å². The van der Waals surface area contributed by atoms with E-state index in [2.05, 4.69) is 10.1 Å². The molecule has 0 radical (unpaired) electrons. The lowest BCUT2D eigenvalue weighted by atomic mass is 10.2. The molecule has 4 N–H and O–H groups in total. The highest BCUT2D eigenvalue weighted by atomic mass is 16.4. The van der Waals surface area contributed by atoms with Crippen LogP contribution in [0.2, 0.25) is 0 Å². The highest BCUT2D eigenvalue weighted by Crippen LogP contribution is 2.23. The summed E-state index contributed by atoms with van der Waals surface area (Å²) in [4.78, 5) is 15.2. The second-order valence-electron chi connectivity index (χ2n) is 3.89. The van der Waals surface area contributed by atoms with Gasteiger partial charge in [0.25, 0.3) is 0 Å². The van der Waals surface area contributed by atoms with Crippen LogP contribution in [0, 0.1) is 0 Å². The van der Waals surface area contributed by atoms with Crippen LogP contribution in [0.25, 0.3) is 16.9 Å². The van der Waals surface area contributed by atoms with Crippen molar-refractivity contribution in [3.05, 3.63) is 42.2 Å². The Morgan fingerprint density at radius 1 is 1.33 bits per heavy atom. The number of anilines is 1. The normalized spacial score (nSPS) is 10.9. The number of H-pyrrole nitrogens is 1. The number of nitrogens with one attached hydrogen (secondary N) is 1. The Bertz CT molecular complexity index is 727. The van der Waals surface area contributed by atoms with Gasteiger partial charge in [0, 0.05) is 5.56 Å². The topological polar surface area (TPSA) is 96.4 Å². The van der Waals surface area contributed by atoms with E-state index in [9.17, 15) is 4.79 Å². The Morgan fingerprint density at radius 3 is 2.67 bits per heavy atom. The van der Waals surface area contributed by atoms with Gasteiger partial charge < -0.3 is 10.8 Å². The van der Waals surface area contributed by atoms with E-state index in [1.807, 2.05) is 30.3 Å². The summed E-state index contributed by atoms with van der Waals surface area (Å²) < 4.78 is 1.52. The van der Waals surface area contributed by atoms with Crippen LogP contribution >= 0.6 is 0 Å². The lowest BCUT2D eigenvalue weighted by molar-refractivity contribution is 0.0691. The molecular weight excluding hydrogens is 232 g/mol. The molecule has 2 heterocycles. The number of carboxylic acid groups (broad SMARTS) is 1. The van der Waals surface area contributed by atoms with E-state index in [1.54, 1.807) is 6.20 Å². The number of aromatic nitrogens is 3. The maximum atomic E-state index is 10.9. The van der Waals surface area contributed by atoms with E-state index in [-0.39, 0.29) is 11.4 Å². The van der Waals surface area contributed by atoms with Crippen molar-refractivity contribution in [2.45, 2.75) is 0 Å². The van der Waals surface area contributed by atoms with E-state index in [4.69, 9.17) is 10.8 Å². The quantitative estimate of drug-likeness (QED) is 0.636. The predicted octanol–water partition coefficient (Wildman–Crippen LogP) is 1.61. The summed E-state index contributed by atoms with van der Waals surface area (Å²) >= 11 is 0. The Kier molecular flexibility index (Phi) is 2.09. The van der Waals surface area contributed by atoms with Crippen molar-refractivity contribution < 1.29 is 9.90 Å². The van der Waals surface area contributed by atoms with Gasteiger partial charge in [0.2, 0.25) is 0 Å². The summed E-state index contributed by atoms with van der Waals surface area (Å²) in [5, 5.41) is 11.6. The molecule has 0 unspecified atom stereocenters. The lowest BCUT2D eigenvalue weighted by Crippen LogP contribution is -2.01. The van der Waals surface area contributed by atoms with E-state index in [1.165, 1.54) is 4.52 Å². The first kappa shape index (κ1) is 10.4. The number of fused-ring (bicyclic) bond motifs is 1. The number of nitrogens with zero attached hydrogens (tertiary/aromatic N) is 2. The molecule has 0 atom stereocenters. The minimum absolute atomic E-state index is 0.0443. The summed E-state index contributed by atoms with van der Waals surface area (Å²) in [6.45, 7) is 0. The molecule has 0 bridgehead atoms. The highest BCUT2D eigenvalue weighted by Gasteiger charge is 2.17. The van der Waals surface area contributed by atoms with Crippen LogP contribution in [-0.2, 0) is 0 Å². The number of carboxylic acids is 1. The number of imidazole rings is 1. The fourth-order valence-corrected chi connectivity index (χ4v) is 1.86. The molecule has 0 fully saturated rings. The largest absolute Gasteiger partial charge is 0.476 e. The van der Waals surface area contributed by atoms with Crippen LogP contribution < -0.4 is 5.73 Å². The fraction of sp³-hybridized carbons (Fsp3) is 0. The van der Waals surface area contributed by atoms with Gasteiger partial charge in [0.15, 0.2) is 11.3 Å². The molecule has 0 spiro atoms. The second kappa shape index (κ2) is 3.63. The number of rotatable bonds is 2. The number of nitrogen functional groups attached to an aromatic ring is 1. The summed E-state index contributed by atoms with van der Waals surface area (Å²) in [7, 11) is 0. The summed E-state index contributed by atoms with van der Waals surface area (Å²) in [5.74, 6) is -1.10. The summed E-state index contributed by atoms with van der Waals surface area (Å²) in [6.07, 6.45) is 1.72. The van der Waals surface area contributed by atoms with Crippen molar-refractivity contribution in [2.24, 2.45) is 0 Å². The molecule has 1 aromatic carbocycles. The molecule has 0 amide bonds. The van der Waals surface area contributed by atoms with Crippen molar-refractivity contribution in [2.75, 3.05) is 5.73 Å². The van der Waals surface area contributed by atoms with Crippen LogP contribution in [0.1, 0.15) is 10.5 Å². The van der Waals surface area contributed by atoms with Gasteiger partial charge in [-0.1, -0.05) is 30.3 Å². The molecule has 0 aliphatic rings. The number of hydrogen-bond donors (Lipinski definition) is 3. The van der Waals surface area contributed by atoms with E-state index in [0.717, 1.165) is 11.3 Å². The van der Waals surface area contributed by atoms with Crippen molar-refractivity contribution in [3.8, 4) is 11.3 Å². The highest BCUT2D eigenvalue weighted by molar-refractivity contribution is 5.95. The van der Waals surface area contributed by atoms with Crippen molar-refractivity contribution in [3.63, 3.8) is 0 Å². The Labute approximate surface area is 102 Å². The van der Waals surface area contributed by atoms with Crippen molar-refractivity contribution in [1.82, 2.24) is 14.6 Å². The SMILES string of the molecule is Nc1c(C(=O)O)[nH]n2cc(-c3ccccc3)nc12. The zero-order chi connectivity index (χ0) is 12.7. The van der Waals surface area contributed by atoms with Crippen LogP contribution in [0.3, 0.4) is 0 Å². The van der Waals surface area contributed by atoms with Gasteiger partial charge in [-0.25, -0.2) is 14.3 Å². The Morgan fingerprint density at radius 2 is 2.06 bits per heavy atom. The summed E-state index contributed by atoms with van der Waals surface area (Å²) in [5.41, 5.74) is 7.95. The molecule has 0 aliphatic heterocycles. The Hall–Kier alpha value is -2.76. The zero-order valence-corrected chi connectivity index (χ0v) is 9.29. The fourth-order valence-electron chi connectivity index (χ4n) is 1.86. The summed E-state index contributed by atoms with van der Waals surface area (Å²) in [6, 6.07) is 9.60. The first-order valence-corrected chi connectivity index (χ1v) is 5.32. The van der Waals surface area contributed by atoms with Crippen molar-refractivity contribution in [1.29, 1.82) is 0 Å². The lowest BCUT2D eigenvalue weighted by Gasteiger charge is -1.94. The van der Waals surface area contributed by atoms with E-state index < -0.39 is 5.97 Å². The standard InChI is InChI=1S/C12H10N4O2/c13-9-10(12(17)18)15-16-6-8(14-11(9)16)7-4-2-1-3-5-7/h1-6,15H,13H2,(H,17,18). The third kappa shape index (κ3) is 1.43. The van der Waals surface area contributed by atoms with Gasteiger partial charge in [-0.2, -0.15) is 0 Å². The van der Waals surface area contributed by atoms with Gasteiger partial charge in [-0.3, -0.25) is 5.10 Å². The average molecular weight is 242 g/mol. The number of hydrogen-bond acceptors (Lipinski definition) is 3. The maximum Gasteiger partial charge on any atom is 0.356 e. The first-order chi connectivity index (χ1) is 8.66. The number of aromatic carboxylic acids is 1. The van der Waals surface area contributed by atoms with Gasteiger partial charge >= 0.3 is 5.97 Å². The number of benzene rings is 1. The molecule has 0 saturated heterocycles. The minimum Gasteiger partial charge on any atom is -0.476 e. The molecule has 3 aromatic rings. The molecule has 0 aliphatic carbocycles. The van der Waals surface area contributed by atoms with Crippen LogP contribution in [-0.4, -0.2) is 25.7 Å². The molecular formula is C12H10N4O2. The van der Waals surface area contributed by atoms with Crippen LogP contribution in [0.5, 0.6) is 0 Å². The number of carbonyl (C=O) groups is 1. The smallest absolute Gasteiger partial charge is 0.356 e. The monoisotopic (exact) mass is 242 g/mol. The van der Waals surface area contributed by atoms with Crippen LogP contribution in [0.4, 0.5) is 5.69 Å². The molecule has 2 aromatic heterocycles. The second-order valence-corrected chi connectivity index (χ2v) is 3.89. The first-order valence-electron chi connectivity index (χ1n) is 5.32. The number of aromatic amines is 1. The minimum atomic E-state index is -1.10. The average Bonchev–Trinajstić information content (AvgIpc) is 2.91. The third-order valence-corrected chi connectivity index (χ3v) is 2.73. The molecule has 6 nitrogen and oxygen atoms in total. The van der Waals surface area contributed by atoms with Gasteiger partial charge in [0.05, 0.1) is 11.9 Å². The Balaban J connectivity index is 2.17. The molecule has 0 saturated carbocycles. The molecule has 3 rings (SSSR count). The zero-order valence-electron chi connectivity index (χ0n) is 9.29. The van der Waals surface area contributed by atoms with Gasteiger partial charge in [0.1, 0.15) is 5.69 Å². The van der Waals surface area contributed by atoms with E-state index >= 15 is 0 Å². The molecule has 18 heavy (non-hydrogen) atoms. The van der Waals surface area contributed by atoms with E-state index in [0.29, 0.717) is 5.65 Å². The third-order valence-electron chi connectivity index (χ3n) is 2.73. The predicted molar refractivity (Wildman–Crippen MR) is 66.4 cm³/mol. The maximum absolute atomic E-state index is 10.9. The van der Waals surface area contributed by atoms with Crippen LogP contribution in [0.15, 0.2) is 36.5 Å².